The SMILES string of the molecule is C=P([O-])(OCCCCCCSCC(=O)NCCCCCC(=O)NCCN(CCNC(=O)CCCCCNC(=O)CSCCCCCCOP(=C)([O-])OP=N)C(=O)OC)OP=N.CCOCCOC(=O)N(CCNC(=O)CCCCCNC(=O)CSCCCCCCOP(=O)([O-])ON=P)CCNC(=O)CCCCCNC(=O)CSCCCCCCOP(=O)([O-])ON=P. The number of nitrogens with zero attached hydrogens (tertiary/aromatic N) is 4. The first-order valence-corrected chi connectivity index (χ1v) is 56.1. The van der Waals surface area contributed by atoms with Crippen LogP contribution in [0.25, 0.3) is 0 Å². The maximum Gasteiger partial charge on any atom is 0.409 e. The smallest absolute Gasteiger partial charge is 0.409 e. The number of carbonyl (C=O) groups excluding carboxylic acids is 10. The van der Waals surface area contributed by atoms with E-state index in [1.54, 1.807) is 23.5 Å². The minimum atomic E-state index is -4.39. The summed E-state index contributed by atoms with van der Waals surface area (Å²) in [6.45, 7) is 7.11. The molecule has 4 atom stereocenters. The van der Waals surface area contributed by atoms with Crippen LogP contribution in [0.1, 0.15) is 212 Å². The van der Waals surface area contributed by atoms with Crippen molar-refractivity contribution in [2.24, 2.45) is 9.82 Å². The van der Waals surface area contributed by atoms with E-state index in [1.165, 1.54) is 40.4 Å². The molecule has 0 heterocycles. The van der Waals surface area contributed by atoms with Crippen LogP contribution in [0.15, 0.2) is 9.82 Å². The van der Waals surface area contributed by atoms with Gasteiger partial charge in [-0.2, -0.15) is 56.3 Å². The number of ether oxygens (including phenoxy) is 3. The van der Waals surface area contributed by atoms with E-state index in [0.29, 0.717) is 120 Å². The zero-order chi connectivity index (χ0) is 93.7. The fourth-order valence-corrected chi connectivity index (χ4v) is 17.8. The third-order valence-electron chi connectivity index (χ3n) is 17.1. The average Bonchev–Trinajstić information content (AvgIpc) is 0.926. The Morgan fingerprint density at radius 2 is 0.627 bits per heavy atom. The van der Waals surface area contributed by atoms with E-state index in [1.807, 2.05) is 6.92 Å². The Morgan fingerprint density at radius 3 is 0.897 bits per heavy atom. The first-order valence-electron chi connectivity index (χ1n) is 42.6. The number of thioether (sulfide) groups is 4. The third kappa shape index (κ3) is 87.3. The number of nitrogens with one attached hydrogen (secondary N) is 10. The number of amides is 10. The average molecular weight is 2020 g/mol. The van der Waals surface area contributed by atoms with Crippen molar-refractivity contribution >= 4 is 185 Å². The molecule has 0 aliphatic carbocycles. The molecule has 0 aromatic heterocycles. The van der Waals surface area contributed by atoms with Gasteiger partial charge in [0.25, 0.3) is 15.6 Å². The molecular weight excluding hydrogens is 1880 g/mol. The minimum Gasteiger partial charge on any atom is -0.788 e. The molecular formula is C73H140N14O27P8S4-4. The number of unbranched alkanes of at least 4 members (excludes halogenated alkanes) is 20. The summed E-state index contributed by atoms with van der Waals surface area (Å²) in [6.07, 6.45) is 28.8. The standard InChI is InChI=1S/C37H73N7O15P4S2.C36H69N7O12P4S2/c1-2-54-27-28-55-37(49)44(23-21-40-33(45)17-9-7-11-19-38-35(47)31-64-29-15-5-3-13-25-56-62(50,51)58-42-60)24-22-41-34(46)18-10-8-12-20-39-36(48)32-65-30-16-6-4-14-26-57-63(52,53)59-43-61;1-51-36(48)43(24-22-41-32(44)18-10-8-12-20-39-34(46)30-60-28-16-6-4-14-26-52-58(2,49)54-56-37)25-23-42-33(45)19-11-9-13-21-40-35(47)31-61-29-17-7-5-15-27-53-59(3,50)55-57-38/h60-61H,2-32H2,1H3,(H,38,47)(H,39,48)(H,40,45)(H,41,46)(H,50,51)(H,52,53);37-38H,2-31H2,1H3,(H4-2,39,40,41,42,44,45,46,47,49,50)/q;-2/p-2. The second kappa shape index (κ2) is 87.0. The highest BCUT2D eigenvalue weighted by molar-refractivity contribution is 8.00. The lowest BCUT2D eigenvalue weighted by Gasteiger charge is -2.26. The topological polar surface area (TPSA) is 574 Å². The van der Waals surface area contributed by atoms with E-state index in [2.05, 4.69) is 110 Å². The van der Waals surface area contributed by atoms with E-state index in [-0.39, 0.29) is 156 Å². The summed E-state index contributed by atoms with van der Waals surface area (Å²) in [7, 11) is -9.60. The Bertz CT molecular complexity index is 3020. The summed E-state index contributed by atoms with van der Waals surface area (Å²) < 4.78 is 74.6. The molecule has 0 aliphatic rings. The number of hydrogen-bond donors (Lipinski definition) is 10. The Morgan fingerprint density at radius 1 is 0.365 bits per heavy atom. The van der Waals surface area contributed by atoms with E-state index >= 15 is 0 Å². The molecule has 0 saturated carbocycles. The first-order chi connectivity index (χ1) is 60.5. The van der Waals surface area contributed by atoms with Crippen molar-refractivity contribution in [1.29, 1.82) is 10.3 Å². The first kappa shape index (κ1) is 125. The van der Waals surface area contributed by atoms with Crippen LogP contribution in [0.4, 0.5) is 9.59 Å². The molecule has 0 radical (unpaired) electrons. The highest BCUT2D eigenvalue weighted by Gasteiger charge is 2.19. The molecule has 41 nitrogen and oxygen atoms in total. The number of hydrogen-bond acceptors (Lipinski definition) is 35. The molecule has 732 valence electrons. The lowest BCUT2D eigenvalue weighted by Crippen LogP contribution is -2.43. The van der Waals surface area contributed by atoms with Gasteiger partial charge < -0.3 is 104 Å². The van der Waals surface area contributed by atoms with Crippen LogP contribution >= 0.6 is 113 Å². The van der Waals surface area contributed by atoms with Gasteiger partial charge in [-0.3, -0.25) is 66.4 Å². The Hall–Kier alpha value is -3.36. The van der Waals surface area contributed by atoms with Crippen molar-refractivity contribution < 1.29 is 127 Å². The largest absolute Gasteiger partial charge is 0.788 e. The van der Waals surface area contributed by atoms with E-state index < -0.39 is 43.0 Å². The zero-order valence-corrected chi connectivity index (χ0v) is 83.9. The summed E-state index contributed by atoms with van der Waals surface area (Å²) >= 11 is 6.21. The lowest BCUT2D eigenvalue weighted by molar-refractivity contribution is -0.226. The quantitative estimate of drug-likeness (QED) is 0.0154. The molecule has 126 heavy (non-hydrogen) atoms. The molecule has 0 aromatic carbocycles. The number of phosphoric ester groups is 2. The van der Waals surface area contributed by atoms with Crippen molar-refractivity contribution in [2.45, 2.75) is 212 Å². The van der Waals surface area contributed by atoms with Gasteiger partial charge in [-0.25, -0.2) is 9.59 Å². The molecule has 10 amide bonds. The zero-order valence-electron chi connectivity index (χ0n) is 73.3. The van der Waals surface area contributed by atoms with E-state index in [0.717, 1.165) is 164 Å². The molecule has 10 N–H and O–H groups in total. The number of carbonyl (C=O) groups is 10. The molecule has 0 aliphatic heterocycles. The minimum absolute atomic E-state index is 0.0174. The van der Waals surface area contributed by atoms with Crippen molar-refractivity contribution in [3.8, 4) is 0 Å². The monoisotopic (exact) mass is 2020 g/mol. The van der Waals surface area contributed by atoms with Crippen LogP contribution in [-0.4, -0.2) is 260 Å². The fourth-order valence-electron chi connectivity index (χ4n) is 10.7. The van der Waals surface area contributed by atoms with Crippen molar-refractivity contribution in [2.75, 3.05) is 178 Å². The number of rotatable bonds is 88. The molecule has 0 saturated heterocycles. The van der Waals surface area contributed by atoms with Crippen LogP contribution in [0.3, 0.4) is 0 Å². The summed E-state index contributed by atoms with van der Waals surface area (Å²) in [4.78, 5) is 177. The van der Waals surface area contributed by atoms with Crippen LogP contribution in [-0.2, 0) is 97.7 Å². The van der Waals surface area contributed by atoms with Crippen LogP contribution in [0.2, 0.25) is 0 Å². The van der Waals surface area contributed by atoms with Gasteiger partial charge in [0.05, 0.1) is 78.3 Å². The Kier molecular flexibility index (Phi) is 86.1. The molecule has 0 aromatic rings. The van der Waals surface area contributed by atoms with Gasteiger partial charge in [-0.15, -0.1) is 9.82 Å². The van der Waals surface area contributed by atoms with Crippen LogP contribution in [0.5, 0.6) is 0 Å². The molecule has 0 bridgehead atoms. The Labute approximate surface area is 770 Å². The third-order valence-corrected chi connectivity index (χ3v) is 27.1. The van der Waals surface area contributed by atoms with Gasteiger partial charge >= 0.3 is 12.2 Å². The second-order valence-electron chi connectivity index (χ2n) is 27.8. The summed E-state index contributed by atoms with van der Waals surface area (Å²) in [6, 6.07) is 0. The van der Waals surface area contributed by atoms with Crippen LogP contribution < -0.4 is 62.1 Å². The van der Waals surface area contributed by atoms with Gasteiger partial charge in [-0.1, -0.05) is 89.6 Å². The molecule has 0 rings (SSSR count). The maximum absolute atomic E-state index is 12.8. The van der Waals surface area contributed by atoms with Gasteiger partial charge in [0.15, 0.2) is 17.2 Å². The Balaban J connectivity index is 0. The summed E-state index contributed by atoms with van der Waals surface area (Å²) in [5.41, 5.74) is 0. The normalized spacial score (nSPS) is 13.1. The van der Waals surface area contributed by atoms with Gasteiger partial charge in [0.1, 0.15) is 6.61 Å². The van der Waals surface area contributed by atoms with Crippen LogP contribution in [0, 0.1) is 10.3 Å². The molecule has 4 unspecified atom stereocenters. The van der Waals surface area contributed by atoms with Gasteiger partial charge in [-0.05, 0) is 133 Å². The number of phosphoric acid groups is 2. The van der Waals surface area contributed by atoms with E-state index in [4.69, 9.17) is 33.6 Å². The molecule has 53 heteroatoms. The number of methoxy groups -OCH3 is 1. The fraction of sp³-hybridized carbons (Fsp3) is 0.836. The van der Waals surface area contributed by atoms with Gasteiger partial charge in [0, 0.05) is 129 Å². The lowest BCUT2D eigenvalue weighted by atomic mass is 10.2. The highest BCUT2D eigenvalue weighted by Crippen LogP contribution is 2.43. The predicted octanol–water partition coefficient (Wildman–Crippen LogP) is 10.8. The second-order valence-corrected chi connectivity index (χ2v) is 39.9. The van der Waals surface area contributed by atoms with Gasteiger partial charge in [0.2, 0.25) is 47.3 Å². The molecule has 0 spiro atoms. The summed E-state index contributed by atoms with van der Waals surface area (Å²) in [5, 5.41) is 36.6. The molecule has 0 fully saturated rings. The van der Waals surface area contributed by atoms with Crippen molar-refractivity contribution in [1.82, 2.24) is 52.3 Å². The van der Waals surface area contributed by atoms with E-state index in [9.17, 15) is 76.6 Å². The predicted molar refractivity (Wildman–Crippen MR) is 497 cm³/mol. The highest BCUT2D eigenvalue weighted by atomic mass is 32.2. The summed E-state index contributed by atoms with van der Waals surface area (Å²) in [5.74, 6) is 4.12. The maximum atomic E-state index is 12.8. The van der Waals surface area contributed by atoms with Crippen molar-refractivity contribution in [3.63, 3.8) is 0 Å². The van der Waals surface area contributed by atoms with Crippen molar-refractivity contribution in [3.05, 3.63) is 0 Å².